The average Bonchev–Trinajstić information content (AvgIpc) is 2.61. The number of nitrogens with two attached hydrogens (primary N) is 1. The predicted octanol–water partition coefficient (Wildman–Crippen LogP) is 1.27. The molecular weight excluding hydrogens is 197 g/mol. The molecule has 0 aliphatic heterocycles. The molecular formula is C8H11F3N2O. The van der Waals surface area contributed by atoms with Gasteiger partial charge >= 0.3 is 6.18 Å². The minimum atomic E-state index is -4.26. The van der Waals surface area contributed by atoms with Crippen molar-refractivity contribution in [1.29, 1.82) is 0 Å². The molecule has 0 aromatic rings. The van der Waals surface area contributed by atoms with Crippen LogP contribution in [0, 0.1) is 5.92 Å². The van der Waals surface area contributed by atoms with E-state index in [1.54, 1.807) is 6.92 Å². The Morgan fingerprint density at radius 2 is 2.29 bits per heavy atom. The molecule has 1 saturated carbocycles. The number of aliphatic imine (C=N–C) groups is 1. The van der Waals surface area contributed by atoms with Crippen molar-refractivity contribution in [1.82, 2.24) is 0 Å². The Kier molecular flexibility index (Phi) is 2.56. The highest BCUT2D eigenvalue weighted by atomic mass is 19.4. The zero-order valence-electron chi connectivity index (χ0n) is 7.64. The fourth-order valence-corrected chi connectivity index (χ4v) is 1.59. The zero-order valence-corrected chi connectivity index (χ0v) is 7.64. The summed E-state index contributed by atoms with van der Waals surface area (Å²) in [6.07, 6.45) is -3.83. The number of halogens is 3. The van der Waals surface area contributed by atoms with Crippen LogP contribution < -0.4 is 5.73 Å². The molecule has 1 fully saturated rings. The van der Waals surface area contributed by atoms with Crippen LogP contribution in [0.4, 0.5) is 13.2 Å². The van der Waals surface area contributed by atoms with E-state index in [0.717, 1.165) is 0 Å². The van der Waals surface area contributed by atoms with E-state index in [2.05, 4.69) is 4.99 Å². The maximum Gasteiger partial charge on any atom is 0.389 e. The molecule has 80 valence electrons. The van der Waals surface area contributed by atoms with Crippen LogP contribution >= 0.6 is 0 Å². The Morgan fingerprint density at radius 1 is 1.71 bits per heavy atom. The quantitative estimate of drug-likeness (QED) is 0.698. The van der Waals surface area contributed by atoms with Gasteiger partial charge in [0.25, 0.3) is 0 Å². The average molecular weight is 208 g/mol. The number of carbonyl (C=O) groups excluding carboxylic acids is 1. The monoisotopic (exact) mass is 208 g/mol. The van der Waals surface area contributed by atoms with Crippen molar-refractivity contribution in [2.45, 2.75) is 31.5 Å². The lowest BCUT2D eigenvalue weighted by molar-refractivity contribution is -0.140. The molecule has 0 radical (unpaired) electrons. The molecule has 6 heteroatoms. The molecule has 1 aliphatic rings. The van der Waals surface area contributed by atoms with E-state index in [0.29, 0.717) is 0 Å². The smallest absolute Gasteiger partial charge is 0.368 e. The normalized spacial score (nSPS) is 32.1. The van der Waals surface area contributed by atoms with Crippen molar-refractivity contribution in [3.8, 4) is 0 Å². The van der Waals surface area contributed by atoms with Gasteiger partial charge in [-0.1, -0.05) is 0 Å². The summed E-state index contributed by atoms with van der Waals surface area (Å²) < 4.78 is 36.0. The van der Waals surface area contributed by atoms with Crippen molar-refractivity contribution in [3.05, 3.63) is 0 Å². The molecule has 0 aromatic heterocycles. The van der Waals surface area contributed by atoms with Gasteiger partial charge in [0.1, 0.15) is 5.54 Å². The van der Waals surface area contributed by atoms with E-state index in [9.17, 15) is 18.0 Å². The molecule has 3 nitrogen and oxygen atoms in total. The summed E-state index contributed by atoms with van der Waals surface area (Å²) in [5, 5.41) is 0. The first-order valence-electron chi connectivity index (χ1n) is 4.18. The topological polar surface area (TPSA) is 55.4 Å². The van der Waals surface area contributed by atoms with Gasteiger partial charge in [-0.25, -0.2) is 0 Å². The minimum Gasteiger partial charge on any atom is -0.368 e. The van der Waals surface area contributed by atoms with E-state index in [-0.39, 0.29) is 6.42 Å². The third-order valence-electron chi connectivity index (χ3n) is 2.34. The molecule has 1 aliphatic carbocycles. The Bertz CT molecular complexity index is 274. The van der Waals surface area contributed by atoms with Crippen molar-refractivity contribution < 1.29 is 18.0 Å². The number of nitrogens with zero attached hydrogens (tertiary/aromatic N) is 1. The van der Waals surface area contributed by atoms with Crippen LogP contribution in [0.5, 0.6) is 0 Å². The molecule has 1 rings (SSSR count). The van der Waals surface area contributed by atoms with Gasteiger partial charge in [-0.05, 0) is 19.6 Å². The maximum absolute atomic E-state index is 12.0. The summed E-state index contributed by atoms with van der Waals surface area (Å²) in [7, 11) is 0. The first-order chi connectivity index (χ1) is 6.32. The molecule has 0 saturated heterocycles. The molecule has 2 N–H and O–H groups in total. The van der Waals surface area contributed by atoms with E-state index in [1.165, 1.54) is 6.21 Å². The lowest BCUT2D eigenvalue weighted by atomic mass is 10.1. The highest BCUT2D eigenvalue weighted by molar-refractivity contribution is 5.90. The third-order valence-corrected chi connectivity index (χ3v) is 2.34. The molecule has 0 heterocycles. The van der Waals surface area contributed by atoms with Gasteiger partial charge in [0, 0.05) is 12.3 Å². The van der Waals surface area contributed by atoms with Gasteiger partial charge in [0.15, 0.2) is 0 Å². The lowest BCUT2D eigenvalue weighted by Gasteiger charge is -2.09. The summed E-state index contributed by atoms with van der Waals surface area (Å²) in [4.78, 5) is 14.6. The van der Waals surface area contributed by atoms with Gasteiger partial charge in [-0.2, -0.15) is 13.2 Å². The Balaban J connectivity index is 2.67. The SMILES string of the molecule is CC=NC1(C(N)=O)CC1CC(F)(F)F. The van der Waals surface area contributed by atoms with E-state index >= 15 is 0 Å². The van der Waals surface area contributed by atoms with Crippen LogP contribution in [0.1, 0.15) is 19.8 Å². The third kappa shape index (κ3) is 2.05. The minimum absolute atomic E-state index is 0.103. The van der Waals surface area contributed by atoms with Gasteiger partial charge in [0.05, 0.1) is 0 Å². The second-order valence-electron chi connectivity index (χ2n) is 3.40. The van der Waals surface area contributed by atoms with Gasteiger partial charge < -0.3 is 5.73 Å². The highest BCUT2D eigenvalue weighted by Gasteiger charge is 2.61. The molecule has 2 atom stereocenters. The Hall–Kier alpha value is -1.07. The molecule has 14 heavy (non-hydrogen) atoms. The van der Waals surface area contributed by atoms with E-state index < -0.39 is 30.0 Å². The van der Waals surface area contributed by atoms with Gasteiger partial charge in [-0.3, -0.25) is 9.79 Å². The number of primary amides is 1. The standard InChI is InChI=1S/C8H11F3N2O/c1-2-13-7(6(12)14)3-5(7)4-8(9,10)11/h2,5H,3-4H2,1H3,(H2,12,14). The van der Waals surface area contributed by atoms with Crippen LogP contribution in [0.15, 0.2) is 4.99 Å². The number of hydrogen-bond donors (Lipinski definition) is 1. The first kappa shape index (κ1) is 11.0. The first-order valence-corrected chi connectivity index (χ1v) is 4.18. The largest absolute Gasteiger partial charge is 0.389 e. The summed E-state index contributed by atoms with van der Waals surface area (Å²) in [5.41, 5.74) is 3.72. The number of amides is 1. The Labute approximate surface area is 79.2 Å². The van der Waals surface area contributed by atoms with Crippen LogP contribution in [0.2, 0.25) is 0 Å². The van der Waals surface area contributed by atoms with Gasteiger partial charge in [-0.15, -0.1) is 0 Å². The van der Waals surface area contributed by atoms with Crippen LogP contribution in [0.25, 0.3) is 0 Å². The number of hydrogen-bond acceptors (Lipinski definition) is 2. The number of rotatable bonds is 3. The fraction of sp³-hybridized carbons (Fsp3) is 0.750. The van der Waals surface area contributed by atoms with E-state index in [1.807, 2.05) is 0 Å². The summed E-state index contributed by atoms with van der Waals surface area (Å²) in [6, 6.07) is 0. The second-order valence-corrected chi connectivity index (χ2v) is 3.40. The summed E-state index contributed by atoms with van der Waals surface area (Å²) >= 11 is 0. The van der Waals surface area contributed by atoms with Crippen LogP contribution in [-0.2, 0) is 4.79 Å². The lowest BCUT2D eigenvalue weighted by Crippen LogP contribution is -2.32. The predicted molar refractivity (Wildman–Crippen MR) is 44.9 cm³/mol. The fourth-order valence-electron chi connectivity index (χ4n) is 1.59. The second kappa shape index (κ2) is 3.25. The molecule has 0 bridgehead atoms. The zero-order chi connectivity index (χ0) is 11.0. The van der Waals surface area contributed by atoms with Crippen molar-refractivity contribution in [2.75, 3.05) is 0 Å². The summed E-state index contributed by atoms with van der Waals surface area (Å²) in [5.74, 6) is -1.55. The summed E-state index contributed by atoms with van der Waals surface area (Å²) in [6.45, 7) is 1.55. The van der Waals surface area contributed by atoms with Crippen LogP contribution in [-0.4, -0.2) is 23.8 Å². The Morgan fingerprint density at radius 3 is 2.64 bits per heavy atom. The molecule has 1 amide bonds. The van der Waals surface area contributed by atoms with Crippen molar-refractivity contribution in [2.24, 2.45) is 16.6 Å². The molecule has 0 spiro atoms. The maximum atomic E-state index is 12.0. The van der Waals surface area contributed by atoms with Crippen LogP contribution in [0.3, 0.4) is 0 Å². The molecule has 2 unspecified atom stereocenters. The number of alkyl halides is 3. The molecule has 0 aromatic carbocycles. The van der Waals surface area contributed by atoms with Gasteiger partial charge in [0.2, 0.25) is 5.91 Å². The highest BCUT2D eigenvalue weighted by Crippen LogP contribution is 2.52. The van der Waals surface area contributed by atoms with Crippen molar-refractivity contribution in [3.63, 3.8) is 0 Å². The van der Waals surface area contributed by atoms with Crippen molar-refractivity contribution >= 4 is 12.1 Å². The number of carbonyl (C=O) groups is 1. The van der Waals surface area contributed by atoms with E-state index in [4.69, 9.17) is 5.73 Å².